The van der Waals surface area contributed by atoms with Gasteiger partial charge in [-0.05, 0) is 12.1 Å². The maximum Gasteiger partial charge on any atom is 0.155 e. The minimum absolute atomic E-state index is 0.683. The molecule has 2 rings (SSSR count). The van der Waals surface area contributed by atoms with Crippen molar-refractivity contribution in [3.8, 4) is 0 Å². The fourth-order valence-corrected chi connectivity index (χ4v) is 0.835. The van der Waals surface area contributed by atoms with Crippen molar-refractivity contribution in [1.29, 1.82) is 0 Å². The SMILES string of the molecule is Nc1ccc2nc[nH]n12. The summed E-state index contributed by atoms with van der Waals surface area (Å²) in [7, 11) is 0. The monoisotopic (exact) mass is 122 g/mol. The van der Waals surface area contributed by atoms with E-state index in [-0.39, 0.29) is 0 Å². The van der Waals surface area contributed by atoms with E-state index < -0.39 is 0 Å². The number of nitrogens with zero attached hydrogens (tertiary/aromatic N) is 2. The summed E-state index contributed by atoms with van der Waals surface area (Å²) >= 11 is 0. The molecular weight excluding hydrogens is 116 g/mol. The van der Waals surface area contributed by atoms with E-state index in [4.69, 9.17) is 5.73 Å². The molecule has 4 heteroatoms. The van der Waals surface area contributed by atoms with Crippen LogP contribution in [-0.2, 0) is 0 Å². The van der Waals surface area contributed by atoms with Crippen LogP contribution in [0.5, 0.6) is 0 Å². The lowest BCUT2D eigenvalue weighted by atomic mass is 10.6. The van der Waals surface area contributed by atoms with Crippen molar-refractivity contribution in [3.05, 3.63) is 18.5 Å². The van der Waals surface area contributed by atoms with E-state index in [1.807, 2.05) is 6.07 Å². The Labute approximate surface area is 51.3 Å². The van der Waals surface area contributed by atoms with Gasteiger partial charge in [0.25, 0.3) is 0 Å². The average molecular weight is 122 g/mol. The van der Waals surface area contributed by atoms with Crippen LogP contribution in [0, 0.1) is 0 Å². The van der Waals surface area contributed by atoms with E-state index in [1.165, 1.54) is 0 Å². The van der Waals surface area contributed by atoms with E-state index in [9.17, 15) is 0 Å². The third-order valence-electron chi connectivity index (χ3n) is 1.27. The maximum atomic E-state index is 5.51. The Morgan fingerprint density at radius 2 is 2.44 bits per heavy atom. The second-order valence-electron chi connectivity index (χ2n) is 1.84. The molecule has 2 aromatic heterocycles. The van der Waals surface area contributed by atoms with Gasteiger partial charge in [0.2, 0.25) is 0 Å². The van der Waals surface area contributed by atoms with Gasteiger partial charge in [-0.1, -0.05) is 0 Å². The molecule has 0 unspecified atom stereocenters. The first-order valence-electron chi connectivity index (χ1n) is 2.64. The molecule has 0 spiro atoms. The topological polar surface area (TPSA) is 59.1 Å². The number of aromatic nitrogens is 3. The number of hydrogen-bond acceptors (Lipinski definition) is 2. The fraction of sp³-hybridized carbons (Fsp3) is 0. The van der Waals surface area contributed by atoms with Gasteiger partial charge in [-0.2, -0.15) is 0 Å². The smallest absolute Gasteiger partial charge is 0.155 e. The highest BCUT2D eigenvalue weighted by molar-refractivity contribution is 5.48. The molecule has 2 heterocycles. The number of anilines is 1. The minimum atomic E-state index is 0.683. The number of aromatic amines is 1. The zero-order chi connectivity index (χ0) is 6.27. The molecule has 46 valence electrons. The zero-order valence-electron chi connectivity index (χ0n) is 4.70. The Kier molecular flexibility index (Phi) is 0.631. The van der Waals surface area contributed by atoms with Crippen LogP contribution in [0.1, 0.15) is 0 Å². The average Bonchev–Trinajstić information content (AvgIpc) is 2.35. The standard InChI is InChI=1S/C5H6N4/c6-4-1-2-5-7-3-8-9(4)5/h1-3H,6H2,(H,7,8). The van der Waals surface area contributed by atoms with Gasteiger partial charge in [-0.15, -0.1) is 0 Å². The first kappa shape index (κ1) is 4.43. The second-order valence-corrected chi connectivity index (χ2v) is 1.84. The van der Waals surface area contributed by atoms with E-state index in [0.29, 0.717) is 5.82 Å². The molecule has 0 fully saturated rings. The molecule has 0 saturated heterocycles. The van der Waals surface area contributed by atoms with Crippen molar-refractivity contribution in [3.63, 3.8) is 0 Å². The Bertz CT molecular complexity index is 318. The third kappa shape index (κ3) is 0.440. The summed E-state index contributed by atoms with van der Waals surface area (Å²) in [6.45, 7) is 0. The summed E-state index contributed by atoms with van der Waals surface area (Å²) in [5.41, 5.74) is 6.37. The molecule has 3 N–H and O–H groups in total. The van der Waals surface area contributed by atoms with E-state index >= 15 is 0 Å². The lowest BCUT2D eigenvalue weighted by molar-refractivity contribution is 0.987. The van der Waals surface area contributed by atoms with Gasteiger partial charge in [-0.3, -0.25) is 5.10 Å². The Morgan fingerprint density at radius 3 is 3.22 bits per heavy atom. The Hall–Kier alpha value is -1.45. The summed E-state index contributed by atoms with van der Waals surface area (Å²) in [6.07, 6.45) is 1.60. The molecule has 0 aliphatic heterocycles. The van der Waals surface area contributed by atoms with Crippen molar-refractivity contribution in [2.45, 2.75) is 0 Å². The predicted molar refractivity (Wildman–Crippen MR) is 34.0 cm³/mol. The van der Waals surface area contributed by atoms with Gasteiger partial charge in [0, 0.05) is 0 Å². The third-order valence-corrected chi connectivity index (χ3v) is 1.27. The summed E-state index contributed by atoms with van der Waals surface area (Å²) < 4.78 is 1.71. The van der Waals surface area contributed by atoms with Crippen molar-refractivity contribution >= 4 is 11.5 Å². The first-order valence-corrected chi connectivity index (χ1v) is 2.64. The van der Waals surface area contributed by atoms with Gasteiger partial charge in [0.05, 0.1) is 0 Å². The lowest BCUT2D eigenvalue weighted by Gasteiger charge is -1.84. The van der Waals surface area contributed by atoms with Crippen LogP contribution >= 0.6 is 0 Å². The molecule has 0 bridgehead atoms. The van der Waals surface area contributed by atoms with E-state index in [0.717, 1.165) is 5.65 Å². The van der Waals surface area contributed by atoms with Crippen molar-refractivity contribution in [2.75, 3.05) is 5.73 Å². The quantitative estimate of drug-likeness (QED) is 0.526. The van der Waals surface area contributed by atoms with Gasteiger partial charge in [0.1, 0.15) is 12.1 Å². The molecule has 0 aromatic carbocycles. The first-order chi connectivity index (χ1) is 4.38. The Balaban J connectivity index is 2.99. The molecule has 0 amide bonds. The van der Waals surface area contributed by atoms with E-state index in [1.54, 1.807) is 16.9 Å². The van der Waals surface area contributed by atoms with Gasteiger partial charge >= 0.3 is 0 Å². The summed E-state index contributed by atoms with van der Waals surface area (Å²) in [5.74, 6) is 0.683. The highest BCUT2D eigenvalue weighted by atomic mass is 15.3. The maximum absolute atomic E-state index is 5.51. The number of nitrogen functional groups attached to an aromatic ring is 1. The van der Waals surface area contributed by atoms with Gasteiger partial charge in [0.15, 0.2) is 5.65 Å². The number of rotatable bonds is 0. The molecule has 4 nitrogen and oxygen atoms in total. The number of fused-ring (bicyclic) bond motifs is 1. The fourth-order valence-electron chi connectivity index (χ4n) is 0.835. The number of nitrogens with two attached hydrogens (primary N) is 1. The molecule has 0 aliphatic carbocycles. The summed E-state index contributed by atoms with van der Waals surface area (Å²) in [6, 6.07) is 3.66. The predicted octanol–water partition coefficient (Wildman–Crippen LogP) is 0.245. The molecule has 0 aliphatic rings. The largest absolute Gasteiger partial charge is 0.384 e. The van der Waals surface area contributed by atoms with Crippen LogP contribution < -0.4 is 5.73 Å². The van der Waals surface area contributed by atoms with Crippen LogP contribution in [0.2, 0.25) is 0 Å². The highest BCUT2D eigenvalue weighted by Gasteiger charge is 1.95. The van der Waals surface area contributed by atoms with Crippen LogP contribution in [0.4, 0.5) is 5.82 Å². The molecule has 2 aromatic rings. The second kappa shape index (κ2) is 1.28. The van der Waals surface area contributed by atoms with Gasteiger partial charge in [-0.25, -0.2) is 9.50 Å². The van der Waals surface area contributed by atoms with Crippen LogP contribution in [0.3, 0.4) is 0 Å². The zero-order valence-corrected chi connectivity index (χ0v) is 4.70. The summed E-state index contributed by atoms with van der Waals surface area (Å²) in [5, 5.41) is 2.85. The van der Waals surface area contributed by atoms with Crippen molar-refractivity contribution < 1.29 is 0 Å². The molecule has 0 saturated carbocycles. The molecule has 0 radical (unpaired) electrons. The van der Waals surface area contributed by atoms with E-state index in [2.05, 4.69) is 10.1 Å². The molecule has 0 atom stereocenters. The summed E-state index contributed by atoms with van der Waals surface area (Å²) in [4.78, 5) is 3.97. The van der Waals surface area contributed by atoms with Crippen molar-refractivity contribution in [2.24, 2.45) is 0 Å². The molecule has 9 heavy (non-hydrogen) atoms. The van der Waals surface area contributed by atoms with Crippen LogP contribution in [-0.4, -0.2) is 14.6 Å². The number of nitrogens with one attached hydrogen (secondary N) is 1. The molecular formula is C5H6N4. The van der Waals surface area contributed by atoms with Crippen molar-refractivity contribution in [1.82, 2.24) is 14.6 Å². The number of hydrogen-bond donors (Lipinski definition) is 2. The van der Waals surface area contributed by atoms with Gasteiger partial charge < -0.3 is 5.73 Å². The van der Waals surface area contributed by atoms with Crippen LogP contribution in [0.25, 0.3) is 5.65 Å². The highest BCUT2D eigenvalue weighted by Crippen LogP contribution is 2.05. The van der Waals surface area contributed by atoms with Crippen LogP contribution in [0.15, 0.2) is 18.5 Å². The minimum Gasteiger partial charge on any atom is -0.384 e. The Morgan fingerprint density at radius 1 is 1.56 bits per heavy atom. The normalized spacial score (nSPS) is 10.7. The lowest BCUT2D eigenvalue weighted by Crippen LogP contribution is -1.90. The number of H-pyrrole nitrogens is 1.